The summed E-state index contributed by atoms with van der Waals surface area (Å²) in [7, 11) is 0. The van der Waals surface area contributed by atoms with Gasteiger partial charge in [0.05, 0.1) is 5.69 Å². The van der Waals surface area contributed by atoms with Gasteiger partial charge in [0.2, 0.25) is 5.91 Å². The van der Waals surface area contributed by atoms with E-state index in [0.717, 1.165) is 0 Å². The Balaban J connectivity index is 2.86. The molecule has 0 heterocycles. The molecule has 0 spiro atoms. The summed E-state index contributed by atoms with van der Waals surface area (Å²) < 4.78 is 40.7. The molecule has 0 aromatic heterocycles. The van der Waals surface area contributed by atoms with Gasteiger partial charge in [0, 0.05) is 11.4 Å². The lowest BCUT2D eigenvalue weighted by atomic mass is 10.3. The maximum Gasteiger partial charge on any atom is 0.422 e. The molecular formula is C11H11ClF3NO2. The summed E-state index contributed by atoms with van der Waals surface area (Å²) >= 11 is 5.70. The van der Waals surface area contributed by atoms with E-state index in [4.69, 9.17) is 11.6 Å². The summed E-state index contributed by atoms with van der Waals surface area (Å²) in [6.07, 6.45) is -4.24. The van der Waals surface area contributed by atoms with Crippen molar-refractivity contribution >= 4 is 23.2 Å². The van der Waals surface area contributed by atoms with E-state index in [1.54, 1.807) is 6.92 Å². The lowest BCUT2D eigenvalue weighted by molar-refractivity contribution is -0.153. The van der Waals surface area contributed by atoms with Crippen LogP contribution in [0.1, 0.15) is 13.3 Å². The number of carbonyl (C=O) groups excluding carboxylic acids is 1. The average Bonchev–Trinajstić information content (AvgIpc) is 2.26. The second-order valence-electron chi connectivity index (χ2n) is 3.45. The number of amides is 1. The number of anilines is 1. The molecule has 1 aromatic carbocycles. The maximum absolute atomic E-state index is 12.0. The second kappa shape index (κ2) is 5.95. The number of halogens is 4. The van der Waals surface area contributed by atoms with Gasteiger partial charge in [0.1, 0.15) is 5.75 Å². The minimum atomic E-state index is -4.44. The Labute approximate surface area is 107 Å². The molecule has 18 heavy (non-hydrogen) atoms. The zero-order valence-corrected chi connectivity index (χ0v) is 10.2. The molecule has 3 nitrogen and oxygen atoms in total. The molecular weight excluding hydrogens is 271 g/mol. The Hall–Kier alpha value is -1.43. The summed E-state index contributed by atoms with van der Waals surface area (Å²) in [5, 5.41) is 2.71. The number of rotatable bonds is 4. The topological polar surface area (TPSA) is 38.3 Å². The standard InChI is InChI=1S/C11H11ClF3NO2/c1-2-10(17)16-8-5-7(12)3-4-9(8)18-6-11(13,14)15/h3-5H,2,6H2,1H3,(H,16,17). The molecule has 7 heteroatoms. The highest BCUT2D eigenvalue weighted by molar-refractivity contribution is 6.31. The zero-order valence-electron chi connectivity index (χ0n) is 9.47. The van der Waals surface area contributed by atoms with Gasteiger partial charge < -0.3 is 10.1 Å². The van der Waals surface area contributed by atoms with Crippen molar-refractivity contribution in [3.05, 3.63) is 23.2 Å². The van der Waals surface area contributed by atoms with Crippen LogP contribution in [-0.4, -0.2) is 18.7 Å². The predicted octanol–water partition coefficient (Wildman–Crippen LogP) is 3.63. The number of hydrogen-bond donors (Lipinski definition) is 1. The van der Waals surface area contributed by atoms with Crippen molar-refractivity contribution < 1.29 is 22.7 Å². The molecule has 0 saturated heterocycles. The molecule has 0 aliphatic heterocycles. The highest BCUT2D eigenvalue weighted by Gasteiger charge is 2.28. The summed E-state index contributed by atoms with van der Waals surface area (Å²) in [6.45, 7) is 0.194. The first kappa shape index (κ1) is 14.6. The van der Waals surface area contributed by atoms with Gasteiger partial charge in [-0.3, -0.25) is 4.79 Å². The molecule has 0 aliphatic rings. The Morgan fingerprint density at radius 1 is 1.44 bits per heavy atom. The van der Waals surface area contributed by atoms with Crippen LogP contribution in [0.3, 0.4) is 0 Å². The van der Waals surface area contributed by atoms with E-state index in [0.29, 0.717) is 5.02 Å². The van der Waals surface area contributed by atoms with Gasteiger partial charge in [-0.2, -0.15) is 13.2 Å². The summed E-state index contributed by atoms with van der Waals surface area (Å²) in [5.41, 5.74) is 0.124. The Bertz CT molecular complexity index is 435. The molecule has 1 amide bonds. The van der Waals surface area contributed by atoms with Crippen LogP contribution in [-0.2, 0) is 4.79 Å². The lowest BCUT2D eigenvalue weighted by Crippen LogP contribution is -2.20. The second-order valence-corrected chi connectivity index (χ2v) is 3.88. The minimum Gasteiger partial charge on any atom is -0.482 e. The van der Waals surface area contributed by atoms with E-state index in [2.05, 4.69) is 10.1 Å². The van der Waals surface area contributed by atoms with Gasteiger partial charge in [-0.15, -0.1) is 0 Å². The first-order chi connectivity index (χ1) is 8.31. The van der Waals surface area contributed by atoms with Crippen molar-refractivity contribution in [2.24, 2.45) is 0 Å². The summed E-state index contributed by atoms with van der Waals surface area (Å²) in [4.78, 5) is 11.2. The van der Waals surface area contributed by atoms with Gasteiger partial charge in [0.15, 0.2) is 6.61 Å². The fraction of sp³-hybridized carbons (Fsp3) is 0.364. The van der Waals surface area contributed by atoms with Gasteiger partial charge in [0.25, 0.3) is 0 Å². The van der Waals surface area contributed by atoms with Gasteiger partial charge in [-0.25, -0.2) is 0 Å². The SMILES string of the molecule is CCC(=O)Nc1cc(Cl)ccc1OCC(F)(F)F. The zero-order chi connectivity index (χ0) is 13.8. The van der Waals surface area contributed by atoms with Gasteiger partial charge in [-0.1, -0.05) is 18.5 Å². The molecule has 0 bridgehead atoms. The normalized spacial score (nSPS) is 11.2. The number of nitrogens with one attached hydrogen (secondary N) is 1. The van der Waals surface area contributed by atoms with E-state index in [-0.39, 0.29) is 23.8 Å². The molecule has 0 fully saturated rings. The fourth-order valence-corrected chi connectivity index (χ4v) is 1.30. The number of ether oxygens (including phenoxy) is 1. The fourth-order valence-electron chi connectivity index (χ4n) is 1.12. The van der Waals surface area contributed by atoms with Crippen LogP contribution in [0.4, 0.5) is 18.9 Å². The number of carbonyl (C=O) groups is 1. The molecule has 100 valence electrons. The highest BCUT2D eigenvalue weighted by atomic mass is 35.5. The molecule has 0 aliphatic carbocycles. The smallest absolute Gasteiger partial charge is 0.422 e. The molecule has 0 unspecified atom stereocenters. The van der Waals surface area contributed by atoms with E-state index in [1.165, 1.54) is 18.2 Å². The van der Waals surface area contributed by atoms with E-state index in [9.17, 15) is 18.0 Å². The van der Waals surface area contributed by atoms with Crippen LogP contribution in [0.25, 0.3) is 0 Å². The molecule has 1 N–H and O–H groups in total. The third-order valence-electron chi connectivity index (χ3n) is 1.93. The van der Waals surface area contributed by atoms with Gasteiger partial charge >= 0.3 is 6.18 Å². The van der Waals surface area contributed by atoms with Crippen molar-refractivity contribution in [2.75, 3.05) is 11.9 Å². The minimum absolute atomic E-state index is 0.0708. The molecule has 0 atom stereocenters. The maximum atomic E-state index is 12.0. The Morgan fingerprint density at radius 3 is 2.67 bits per heavy atom. The largest absolute Gasteiger partial charge is 0.482 e. The Kier molecular flexibility index (Phi) is 4.84. The first-order valence-electron chi connectivity index (χ1n) is 5.11. The molecule has 1 aromatic rings. The third kappa shape index (κ3) is 4.83. The quantitative estimate of drug-likeness (QED) is 0.915. The molecule has 1 rings (SSSR count). The molecule has 0 radical (unpaired) electrons. The number of alkyl halides is 3. The van der Waals surface area contributed by atoms with Crippen LogP contribution >= 0.6 is 11.6 Å². The number of hydrogen-bond acceptors (Lipinski definition) is 2. The van der Waals surface area contributed by atoms with Crippen LogP contribution in [0, 0.1) is 0 Å². The van der Waals surface area contributed by atoms with Crippen LogP contribution in [0.2, 0.25) is 5.02 Å². The summed E-state index contributed by atoms with van der Waals surface area (Å²) in [5.74, 6) is -0.410. The molecule has 0 saturated carbocycles. The van der Waals surface area contributed by atoms with E-state index in [1.807, 2.05) is 0 Å². The van der Waals surface area contributed by atoms with Crippen LogP contribution in [0.15, 0.2) is 18.2 Å². The van der Waals surface area contributed by atoms with Crippen molar-refractivity contribution in [2.45, 2.75) is 19.5 Å². The number of benzene rings is 1. The van der Waals surface area contributed by atoms with Crippen molar-refractivity contribution in [1.82, 2.24) is 0 Å². The van der Waals surface area contributed by atoms with Gasteiger partial charge in [-0.05, 0) is 18.2 Å². The predicted molar refractivity (Wildman–Crippen MR) is 61.9 cm³/mol. The first-order valence-corrected chi connectivity index (χ1v) is 5.48. The summed E-state index contributed by atoms with van der Waals surface area (Å²) in [6, 6.07) is 4.00. The van der Waals surface area contributed by atoms with Crippen LogP contribution < -0.4 is 10.1 Å². The van der Waals surface area contributed by atoms with Crippen molar-refractivity contribution in [1.29, 1.82) is 0 Å². The third-order valence-corrected chi connectivity index (χ3v) is 2.16. The van der Waals surface area contributed by atoms with Crippen LogP contribution in [0.5, 0.6) is 5.75 Å². The monoisotopic (exact) mass is 281 g/mol. The Morgan fingerprint density at radius 2 is 2.11 bits per heavy atom. The van der Waals surface area contributed by atoms with E-state index >= 15 is 0 Å². The van der Waals surface area contributed by atoms with Crippen molar-refractivity contribution in [3.8, 4) is 5.75 Å². The van der Waals surface area contributed by atoms with Crippen molar-refractivity contribution in [3.63, 3.8) is 0 Å². The van der Waals surface area contributed by atoms with E-state index < -0.39 is 12.8 Å². The highest BCUT2D eigenvalue weighted by Crippen LogP contribution is 2.29. The average molecular weight is 282 g/mol. The lowest BCUT2D eigenvalue weighted by Gasteiger charge is -2.13.